The summed E-state index contributed by atoms with van der Waals surface area (Å²) in [5.74, 6) is -1.28. The summed E-state index contributed by atoms with van der Waals surface area (Å²) in [5, 5.41) is 8.77. The van der Waals surface area contributed by atoms with Crippen LogP contribution in [0.5, 0.6) is 0 Å². The Bertz CT molecular complexity index is 412. The second kappa shape index (κ2) is 6.21. The van der Waals surface area contributed by atoms with Crippen LogP contribution in [-0.2, 0) is 19.1 Å². The normalized spacial score (nSPS) is 26.9. The van der Waals surface area contributed by atoms with Gasteiger partial charge in [0.05, 0.1) is 25.0 Å². The first-order valence-electron chi connectivity index (χ1n) is 6.91. The largest absolute Gasteiger partial charge is 0.481 e. The highest BCUT2D eigenvalue weighted by Crippen LogP contribution is 2.21. The Kier molecular flexibility index (Phi) is 4.59. The van der Waals surface area contributed by atoms with E-state index in [9.17, 15) is 14.4 Å². The van der Waals surface area contributed by atoms with E-state index < -0.39 is 12.1 Å². The zero-order chi connectivity index (χ0) is 14.7. The highest BCUT2D eigenvalue weighted by molar-refractivity contribution is 5.89. The first-order chi connectivity index (χ1) is 9.51. The van der Waals surface area contributed by atoms with Gasteiger partial charge >= 0.3 is 5.97 Å². The molecule has 0 spiro atoms. The molecule has 2 aliphatic rings. The molecule has 0 radical (unpaired) electrons. The summed E-state index contributed by atoms with van der Waals surface area (Å²) in [4.78, 5) is 38.1. The summed E-state index contributed by atoms with van der Waals surface area (Å²) in [6, 6.07) is 0. The van der Waals surface area contributed by atoms with E-state index in [1.54, 1.807) is 9.80 Å². The van der Waals surface area contributed by atoms with Gasteiger partial charge in [-0.25, -0.2) is 0 Å². The van der Waals surface area contributed by atoms with Crippen molar-refractivity contribution in [3.8, 4) is 0 Å². The van der Waals surface area contributed by atoms with Crippen molar-refractivity contribution in [1.29, 1.82) is 0 Å². The predicted octanol–water partition coefficient (Wildman–Crippen LogP) is -0.443. The zero-order valence-electron chi connectivity index (χ0n) is 11.6. The van der Waals surface area contributed by atoms with Crippen molar-refractivity contribution in [3.63, 3.8) is 0 Å². The molecule has 0 aromatic heterocycles. The van der Waals surface area contributed by atoms with E-state index in [1.165, 1.54) is 0 Å². The maximum atomic E-state index is 12.4. The zero-order valence-corrected chi connectivity index (χ0v) is 11.6. The average Bonchev–Trinajstić information content (AvgIpc) is 2.78. The third-order valence-corrected chi connectivity index (χ3v) is 3.80. The predicted molar refractivity (Wildman–Crippen MR) is 68.9 cm³/mol. The standard InChI is InChI=1S/C13H20N2O5/c1-2-14-7-9(5-11(14)16)13(19)15-3-4-20-10(8-15)6-12(17)18/h9-10H,2-8H2,1H3,(H,17,18). The van der Waals surface area contributed by atoms with Crippen molar-refractivity contribution in [2.45, 2.75) is 25.9 Å². The van der Waals surface area contributed by atoms with Gasteiger partial charge in [0.2, 0.25) is 11.8 Å². The monoisotopic (exact) mass is 284 g/mol. The summed E-state index contributed by atoms with van der Waals surface area (Å²) >= 11 is 0. The molecular formula is C13H20N2O5. The van der Waals surface area contributed by atoms with Gasteiger partial charge in [0, 0.05) is 32.6 Å². The second-order valence-electron chi connectivity index (χ2n) is 5.21. The SMILES string of the molecule is CCN1CC(C(=O)N2CCOC(CC(=O)O)C2)CC1=O. The number of hydrogen-bond acceptors (Lipinski definition) is 4. The van der Waals surface area contributed by atoms with Gasteiger partial charge in [-0.3, -0.25) is 14.4 Å². The van der Waals surface area contributed by atoms with Crippen LogP contribution in [0.1, 0.15) is 19.8 Å². The minimum atomic E-state index is -0.933. The number of carboxylic acids is 1. The van der Waals surface area contributed by atoms with Gasteiger partial charge in [-0.15, -0.1) is 0 Å². The Balaban J connectivity index is 1.92. The molecule has 2 atom stereocenters. The average molecular weight is 284 g/mol. The first-order valence-corrected chi connectivity index (χ1v) is 6.91. The van der Waals surface area contributed by atoms with E-state index in [-0.39, 0.29) is 30.6 Å². The molecule has 0 aromatic carbocycles. The van der Waals surface area contributed by atoms with Gasteiger partial charge in [0.1, 0.15) is 0 Å². The van der Waals surface area contributed by atoms with Crippen LogP contribution in [0.2, 0.25) is 0 Å². The van der Waals surface area contributed by atoms with Crippen LogP contribution in [0.4, 0.5) is 0 Å². The van der Waals surface area contributed by atoms with Crippen molar-refractivity contribution in [2.24, 2.45) is 5.92 Å². The number of carbonyl (C=O) groups is 3. The summed E-state index contributed by atoms with van der Waals surface area (Å²) in [5.41, 5.74) is 0. The molecule has 0 aliphatic carbocycles. The van der Waals surface area contributed by atoms with Crippen LogP contribution >= 0.6 is 0 Å². The molecule has 2 fully saturated rings. The van der Waals surface area contributed by atoms with Crippen molar-refractivity contribution >= 4 is 17.8 Å². The van der Waals surface area contributed by atoms with E-state index >= 15 is 0 Å². The maximum absolute atomic E-state index is 12.4. The highest BCUT2D eigenvalue weighted by atomic mass is 16.5. The number of rotatable bonds is 4. The lowest BCUT2D eigenvalue weighted by atomic mass is 10.1. The van der Waals surface area contributed by atoms with Crippen molar-refractivity contribution in [2.75, 3.05) is 32.8 Å². The van der Waals surface area contributed by atoms with Crippen molar-refractivity contribution < 1.29 is 24.2 Å². The smallest absolute Gasteiger partial charge is 0.306 e. The minimum absolute atomic E-state index is 0.0150. The van der Waals surface area contributed by atoms with Crippen molar-refractivity contribution in [3.05, 3.63) is 0 Å². The number of amides is 2. The molecule has 7 heteroatoms. The fourth-order valence-corrected chi connectivity index (χ4v) is 2.74. The first kappa shape index (κ1) is 14.8. The molecular weight excluding hydrogens is 264 g/mol. The van der Waals surface area contributed by atoms with E-state index in [4.69, 9.17) is 9.84 Å². The van der Waals surface area contributed by atoms with E-state index in [1.807, 2.05) is 6.92 Å². The number of hydrogen-bond donors (Lipinski definition) is 1. The number of carbonyl (C=O) groups excluding carboxylic acids is 2. The Hall–Kier alpha value is -1.63. The molecule has 2 rings (SSSR count). The molecule has 7 nitrogen and oxygen atoms in total. The third-order valence-electron chi connectivity index (χ3n) is 3.80. The molecule has 2 unspecified atom stereocenters. The van der Waals surface area contributed by atoms with Crippen LogP contribution in [0.25, 0.3) is 0 Å². The Morgan fingerprint density at radius 3 is 2.75 bits per heavy atom. The topological polar surface area (TPSA) is 87.2 Å². The number of nitrogens with zero attached hydrogens (tertiary/aromatic N) is 2. The minimum Gasteiger partial charge on any atom is -0.481 e. The van der Waals surface area contributed by atoms with E-state index in [0.717, 1.165) is 0 Å². The fraction of sp³-hybridized carbons (Fsp3) is 0.769. The van der Waals surface area contributed by atoms with Crippen LogP contribution in [-0.4, -0.2) is 71.6 Å². The second-order valence-corrected chi connectivity index (χ2v) is 5.21. The van der Waals surface area contributed by atoms with Gasteiger partial charge in [-0.05, 0) is 6.92 Å². The summed E-state index contributed by atoms with van der Waals surface area (Å²) in [6.45, 7) is 4.08. The fourth-order valence-electron chi connectivity index (χ4n) is 2.74. The third kappa shape index (κ3) is 3.27. The molecule has 112 valence electrons. The molecule has 20 heavy (non-hydrogen) atoms. The summed E-state index contributed by atoms with van der Waals surface area (Å²) in [6.07, 6.45) is -0.299. The Morgan fingerprint density at radius 2 is 2.15 bits per heavy atom. The Labute approximate surface area is 117 Å². The molecule has 2 heterocycles. The summed E-state index contributed by atoms with van der Waals surface area (Å²) < 4.78 is 5.34. The van der Waals surface area contributed by atoms with Crippen molar-refractivity contribution in [1.82, 2.24) is 9.80 Å². The molecule has 2 saturated heterocycles. The van der Waals surface area contributed by atoms with Crippen LogP contribution in [0, 0.1) is 5.92 Å². The van der Waals surface area contributed by atoms with E-state index in [0.29, 0.717) is 32.8 Å². The molecule has 2 aliphatic heterocycles. The molecule has 0 bridgehead atoms. The number of carboxylic acid groups (broad SMARTS) is 1. The van der Waals surface area contributed by atoms with Gasteiger partial charge in [0.15, 0.2) is 0 Å². The highest BCUT2D eigenvalue weighted by Gasteiger charge is 2.37. The van der Waals surface area contributed by atoms with Gasteiger partial charge in [-0.1, -0.05) is 0 Å². The lowest BCUT2D eigenvalue weighted by Crippen LogP contribution is -2.48. The molecule has 0 aromatic rings. The summed E-state index contributed by atoms with van der Waals surface area (Å²) in [7, 11) is 0. The van der Waals surface area contributed by atoms with Gasteiger partial charge in [-0.2, -0.15) is 0 Å². The molecule has 2 amide bonds. The maximum Gasteiger partial charge on any atom is 0.306 e. The number of ether oxygens (including phenoxy) is 1. The van der Waals surface area contributed by atoms with Crippen LogP contribution < -0.4 is 0 Å². The number of morpholine rings is 1. The van der Waals surface area contributed by atoms with Crippen LogP contribution in [0.15, 0.2) is 0 Å². The quantitative estimate of drug-likeness (QED) is 0.756. The lowest BCUT2D eigenvalue weighted by molar-refractivity contribution is -0.149. The lowest BCUT2D eigenvalue weighted by Gasteiger charge is -2.33. The van der Waals surface area contributed by atoms with Gasteiger partial charge < -0.3 is 19.6 Å². The molecule has 1 N–H and O–H groups in total. The van der Waals surface area contributed by atoms with Gasteiger partial charge in [0.25, 0.3) is 0 Å². The number of aliphatic carboxylic acids is 1. The Morgan fingerprint density at radius 1 is 1.40 bits per heavy atom. The number of likely N-dealkylation sites (tertiary alicyclic amines) is 1. The molecule has 0 saturated carbocycles. The van der Waals surface area contributed by atoms with Crippen LogP contribution in [0.3, 0.4) is 0 Å². The van der Waals surface area contributed by atoms with E-state index in [2.05, 4.69) is 0 Å².